The van der Waals surface area contributed by atoms with Crippen molar-refractivity contribution in [2.24, 2.45) is 5.10 Å². The smallest absolute Gasteiger partial charge is 0.271 e. The van der Waals surface area contributed by atoms with E-state index in [9.17, 15) is 10.1 Å². The molecule has 1 atom stereocenters. The summed E-state index contributed by atoms with van der Waals surface area (Å²) in [6.07, 6.45) is 2.30. The lowest BCUT2D eigenvalue weighted by Crippen LogP contribution is -2.36. The second kappa shape index (κ2) is 4.43. The van der Waals surface area contributed by atoms with Gasteiger partial charge in [-0.1, -0.05) is 0 Å². The second-order valence-corrected chi connectivity index (χ2v) is 3.67. The maximum absolute atomic E-state index is 10.3. The van der Waals surface area contributed by atoms with Crippen LogP contribution in [-0.2, 0) is 4.74 Å². The van der Waals surface area contributed by atoms with Crippen LogP contribution in [0.5, 0.6) is 0 Å². The highest BCUT2D eigenvalue weighted by Crippen LogP contribution is 2.14. The Hall–Kier alpha value is -1.37. The van der Waals surface area contributed by atoms with Crippen LogP contribution in [-0.4, -0.2) is 48.2 Å². The van der Waals surface area contributed by atoms with E-state index in [2.05, 4.69) is 10.4 Å². The molecular weight excluding hydrogens is 200 g/mol. The van der Waals surface area contributed by atoms with Gasteiger partial charge in [0.05, 0.1) is 6.10 Å². The highest BCUT2D eigenvalue weighted by Gasteiger charge is 2.26. The molecule has 1 N–H and O–H groups in total. The molecule has 2 aliphatic heterocycles. The van der Waals surface area contributed by atoms with Crippen molar-refractivity contribution in [3.05, 3.63) is 10.1 Å². The van der Waals surface area contributed by atoms with E-state index in [1.807, 2.05) is 4.90 Å². The van der Waals surface area contributed by atoms with Crippen molar-refractivity contribution in [1.29, 1.82) is 0 Å². The number of hydrogen-bond donors (Lipinski definition) is 1. The number of nitrogens with one attached hydrogen (secondary N) is 1. The van der Waals surface area contributed by atoms with Gasteiger partial charge in [0.1, 0.15) is 5.10 Å². The number of hydrazone groups is 1. The van der Waals surface area contributed by atoms with Gasteiger partial charge in [0.2, 0.25) is 0 Å². The van der Waals surface area contributed by atoms with E-state index in [1.165, 1.54) is 0 Å². The largest absolute Gasteiger partial charge is 0.376 e. The van der Waals surface area contributed by atoms with Crippen molar-refractivity contribution >= 4 is 5.96 Å². The molecule has 0 bridgehead atoms. The van der Waals surface area contributed by atoms with Crippen LogP contribution >= 0.6 is 0 Å². The van der Waals surface area contributed by atoms with Gasteiger partial charge in [-0.3, -0.25) is 0 Å². The summed E-state index contributed by atoms with van der Waals surface area (Å²) >= 11 is 0. The van der Waals surface area contributed by atoms with E-state index in [4.69, 9.17) is 4.74 Å². The van der Waals surface area contributed by atoms with Crippen molar-refractivity contribution in [2.75, 3.05) is 26.2 Å². The predicted octanol–water partition coefficient (Wildman–Crippen LogP) is -0.382. The number of rotatable bonds is 3. The molecule has 2 rings (SSSR count). The van der Waals surface area contributed by atoms with Crippen LogP contribution in [0.2, 0.25) is 0 Å². The third-order valence-electron chi connectivity index (χ3n) is 2.59. The van der Waals surface area contributed by atoms with Crippen LogP contribution in [0.1, 0.15) is 12.8 Å². The summed E-state index contributed by atoms with van der Waals surface area (Å²) in [5, 5.41) is 15.8. The van der Waals surface area contributed by atoms with E-state index < -0.39 is 5.03 Å². The number of ether oxygens (including phenoxy) is 1. The quantitative estimate of drug-likeness (QED) is 0.511. The van der Waals surface area contributed by atoms with Crippen LogP contribution in [0, 0.1) is 10.1 Å². The van der Waals surface area contributed by atoms with Crippen molar-refractivity contribution < 1.29 is 9.77 Å². The van der Waals surface area contributed by atoms with Gasteiger partial charge in [0, 0.05) is 26.2 Å². The molecule has 0 aliphatic carbocycles. The van der Waals surface area contributed by atoms with Crippen LogP contribution in [0.15, 0.2) is 5.10 Å². The minimum Gasteiger partial charge on any atom is -0.376 e. The van der Waals surface area contributed by atoms with Gasteiger partial charge in [0.15, 0.2) is 5.03 Å². The molecule has 0 spiro atoms. The van der Waals surface area contributed by atoms with Crippen LogP contribution in [0.25, 0.3) is 0 Å². The fourth-order valence-corrected chi connectivity index (χ4v) is 1.91. The van der Waals surface area contributed by atoms with Gasteiger partial charge in [-0.15, -0.1) is 0 Å². The van der Waals surface area contributed by atoms with E-state index in [-0.39, 0.29) is 6.10 Å². The fraction of sp³-hybridized carbons (Fsp3) is 0.875. The van der Waals surface area contributed by atoms with Crippen molar-refractivity contribution in [3.8, 4) is 0 Å². The Morgan fingerprint density at radius 2 is 2.60 bits per heavy atom. The monoisotopic (exact) mass is 214 g/mol. The Bertz CT molecular complexity index is 275. The molecule has 2 fully saturated rings. The first-order chi connectivity index (χ1) is 7.25. The molecule has 0 aromatic rings. The average Bonchev–Trinajstić information content (AvgIpc) is 2.78. The molecule has 2 heterocycles. The van der Waals surface area contributed by atoms with Crippen LogP contribution < -0.4 is 5.32 Å². The molecule has 2 saturated heterocycles. The fourth-order valence-electron chi connectivity index (χ4n) is 1.91. The van der Waals surface area contributed by atoms with Crippen molar-refractivity contribution in [2.45, 2.75) is 18.9 Å². The number of hydrogen-bond acceptors (Lipinski definition) is 3. The minimum atomic E-state index is -0.670. The first-order valence-corrected chi connectivity index (χ1v) is 5.09. The molecular formula is C8H14N4O3. The summed E-state index contributed by atoms with van der Waals surface area (Å²) in [4.78, 5) is 12.1. The molecule has 2 aliphatic rings. The first kappa shape index (κ1) is 10.2. The second-order valence-electron chi connectivity index (χ2n) is 3.67. The third-order valence-corrected chi connectivity index (χ3v) is 2.59. The van der Waals surface area contributed by atoms with E-state index >= 15 is 0 Å². The average molecular weight is 214 g/mol. The summed E-state index contributed by atoms with van der Waals surface area (Å²) in [6, 6.07) is 0. The third kappa shape index (κ3) is 2.56. The molecule has 1 unspecified atom stereocenters. The predicted molar refractivity (Wildman–Crippen MR) is 53.0 cm³/mol. The molecule has 15 heavy (non-hydrogen) atoms. The zero-order valence-corrected chi connectivity index (χ0v) is 8.39. The summed E-state index contributed by atoms with van der Waals surface area (Å²) in [5.74, 6) is 0.357. The highest BCUT2D eigenvalue weighted by molar-refractivity contribution is 5.81. The lowest BCUT2D eigenvalue weighted by molar-refractivity contribution is -0.485. The standard InChI is InChI=1S/C8H14N4O3/c13-12(14)10-8-9-3-4-11(8)6-7-2-1-5-15-7/h7H,1-6H2,(H,9,10). The lowest BCUT2D eigenvalue weighted by atomic mass is 10.2. The van der Waals surface area contributed by atoms with Gasteiger partial charge in [-0.25, -0.2) is 10.1 Å². The summed E-state index contributed by atoms with van der Waals surface area (Å²) < 4.78 is 5.47. The number of nitro groups is 1. The molecule has 84 valence electrons. The van der Waals surface area contributed by atoms with Gasteiger partial charge in [0.25, 0.3) is 5.96 Å². The van der Waals surface area contributed by atoms with Gasteiger partial charge < -0.3 is 15.0 Å². The Kier molecular flexibility index (Phi) is 3.00. The van der Waals surface area contributed by atoms with E-state index in [0.29, 0.717) is 19.0 Å². The lowest BCUT2D eigenvalue weighted by Gasteiger charge is -2.19. The van der Waals surface area contributed by atoms with Crippen LogP contribution in [0.3, 0.4) is 0 Å². The molecule has 7 nitrogen and oxygen atoms in total. The Labute approximate surface area is 87.2 Å². The molecule has 0 aromatic carbocycles. The molecule has 0 amide bonds. The number of guanidine groups is 1. The summed E-state index contributed by atoms with van der Waals surface area (Å²) in [6.45, 7) is 2.96. The van der Waals surface area contributed by atoms with Gasteiger partial charge in [-0.05, 0) is 12.8 Å². The van der Waals surface area contributed by atoms with Gasteiger partial charge in [-0.2, -0.15) is 0 Å². The zero-order valence-electron chi connectivity index (χ0n) is 8.39. The first-order valence-electron chi connectivity index (χ1n) is 5.09. The maximum atomic E-state index is 10.3. The molecule has 0 aromatic heterocycles. The molecule has 7 heteroatoms. The Morgan fingerprint density at radius 3 is 3.27 bits per heavy atom. The SMILES string of the molecule is O=[N+]([O-])/N=C1\NCCN1CC1CCCO1. The maximum Gasteiger partial charge on any atom is 0.271 e. The highest BCUT2D eigenvalue weighted by atomic mass is 16.7. The van der Waals surface area contributed by atoms with Crippen molar-refractivity contribution in [3.63, 3.8) is 0 Å². The summed E-state index contributed by atoms with van der Waals surface area (Å²) in [5.41, 5.74) is 0. The molecule has 0 saturated carbocycles. The minimum absolute atomic E-state index is 0.196. The molecule has 0 radical (unpaired) electrons. The normalized spacial score (nSPS) is 28.4. The Morgan fingerprint density at radius 1 is 1.73 bits per heavy atom. The van der Waals surface area contributed by atoms with E-state index in [1.54, 1.807) is 0 Å². The topological polar surface area (TPSA) is 80.0 Å². The van der Waals surface area contributed by atoms with Crippen molar-refractivity contribution in [1.82, 2.24) is 10.2 Å². The zero-order chi connectivity index (χ0) is 10.7. The number of nitrogens with zero attached hydrogens (tertiary/aromatic N) is 3. The van der Waals surface area contributed by atoms with Crippen LogP contribution in [0.4, 0.5) is 0 Å². The summed E-state index contributed by atoms with van der Waals surface area (Å²) in [7, 11) is 0. The Balaban J connectivity index is 1.92. The van der Waals surface area contributed by atoms with Gasteiger partial charge >= 0.3 is 0 Å². The van der Waals surface area contributed by atoms with E-state index in [0.717, 1.165) is 26.0 Å².